The molecule has 1 N–H and O–H groups in total. The number of ether oxygens (including phenoxy) is 1. The van der Waals surface area contributed by atoms with E-state index in [0.717, 1.165) is 24.8 Å². The third kappa shape index (κ3) is 4.01. The molecule has 5 heteroatoms. The zero-order chi connectivity index (χ0) is 18.6. The maximum atomic E-state index is 12.3. The van der Waals surface area contributed by atoms with Crippen LogP contribution in [-0.4, -0.2) is 12.5 Å². The largest absolute Gasteiger partial charge is 0.484 e. The summed E-state index contributed by atoms with van der Waals surface area (Å²) in [6, 6.07) is 10.4. The summed E-state index contributed by atoms with van der Waals surface area (Å²) >= 11 is 1.53. The number of amides is 1. The molecule has 1 aromatic heterocycles. The van der Waals surface area contributed by atoms with Gasteiger partial charge in [0.2, 0.25) is 0 Å². The van der Waals surface area contributed by atoms with Crippen LogP contribution < -0.4 is 10.1 Å². The molecule has 0 bridgehead atoms. The monoisotopic (exact) mass is 380 g/mol. The normalized spacial score (nSPS) is 16.6. The van der Waals surface area contributed by atoms with Crippen LogP contribution in [0.2, 0.25) is 0 Å². The van der Waals surface area contributed by atoms with E-state index >= 15 is 0 Å². The Balaban J connectivity index is 1.32. The number of fused-ring (bicyclic) bond motifs is 1. The molecule has 4 rings (SSSR count). The Bertz CT molecular complexity index is 858. The second kappa shape index (κ2) is 8.14. The molecule has 1 aromatic carbocycles. The van der Waals surface area contributed by atoms with Crippen molar-refractivity contribution >= 4 is 22.2 Å². The fraction of sp³-hybridized carbons (Fsp3) is 0.455. The Hall–Kier alpha value is -2.32. The van der Waals surface area contributed by atoms with Crippen LogP contribution >= 0.6 is 11.3 Å². The number of aryl methyl sites for hydroxylation is 1. The highest BCUT2D eigenvalue weighted by Crippen LogP contribution is 2.38. The molecule has 27 heavy (non-hydrogen) atoms. The van der Waals surface area contributed by atoms with Gasteiger partial charge in [0.1, 0.15) is 16.8 Å². The summed E-state index contributed by atoms with van der Waals surface area (Å²) in [7, 11) is 0. The molecule has 0 radical (unpaired) electrons. The molecule has 1 heterocycles. The lowest BCUT2D eigenvalue weighted by Gasteiger charge is -2.22. The van der Waals surface area contributed by atoms with Gasteiger partial charge >= 0.3 is 0 Å². The fourth-order valence-electron chi connectivity index (χ4n) is 4.19. The molecule has 1 saturated carbocycles. The van der Waals surface area contributed by atoms with Crippen molar-refractivity contribution in [2.24, 2.45) is 0 Å². The smallest absolute Gasteiger partial charge is 0.262 e. The van der Waals surface area contributed by atoms with E-state index < -0.39 is 0 Å². The Morgan fingerprint density at radius 1 is 1.15 bits per heavy atom. The van der Waals surface area contributed by atoms with E-state index in [1.165, 1.54) is 53.9 Å². The average Bonchev–Trinajstić information content (AvgIpc) is 3.28. The molecule has 2 aliphatic rings. The number of carbonyl (C=O) groups excluding carboxylic acids is 1. The van der Waals surface area contributed by atoms with Gasteiger partial charge in [-0.1, -0.05) is 31.4 Å². The molecule has 4 nitrogen and oxygen atoms in total. The van der Waals surface area contributed by atoms with Crippen molar-refractivity contribution in [1.82, 2.24) is 0 Å². The number of carbonyl (C=O) groups is 1. The van der Waals surface area contributed by atoms with Gasteiger partial charge in [-0.15, -0.1) is 11.3 Å². The summed E-state index contributed by atoms with van der Waals surface area (Å²) in [4.78, 5) is 13.5. The minimum absolute atomic E-state index is 0.0454. The summed E-state index contributed by atoms with van der Waals surface area (Å²) < 4.78 is 5.64. The van der Waals surface area contributed by atoms with Crippen molar-refractivity contribution in [1.29, 1.82) is 5.26 Å². The lowest BCUT2D eigenvalue weighted by molar-refractivity contribution is -0.118. The number of nitriles is 1. The maximum absolute atomic E-state index is 12.3. The maximum Gasteiger partial charge on any atom is 0.262 e. The second-order valence-electron chi connectivity index (χ2n) is 7.41. The van der Waals surface area contributed by atoms with Crippen LogP contribution in [-0.2, 0) is 17.6 Å². The number of benzene rings is 1. The minimum Gasteiger partial charge on any atom is -0.484 e. The van der Waals surface area contributed by atoms with Gasteiger partial charge < -0.3 is 10.1 Å². The van der Waals surface area contributed by atoms with Gasteiger partial charge in [0.15, 0.2) is 6.61 Å². The van der Waals surface area contributed by atoms with Crippen LogP contribution in [0.25, 0.3) is 0 Å². The standard InChI is InChI=1S/C22H24N2O2S/c23-13-19-18-7-4-8-20(18)27-22(19)24-21(25)14-26-17-11-9-16(10-12-17)15-5-2-1-3-6-15/h9-12,15H,1-8,14H2,(H,24,25). The highest BCUT2D eigenvalue weighted by atomic mass is 32.1. The number of rotatable bonds is 5. The molecule has 0 atom stereocenters. The van der Waals surface area contributed by atoms with E-state index in [-0.39, 0.29) is 12.5 Å². The number of nitrogens with one attached hydrogen (secondary N) is 1. The highest BCUT2D eigenvalue weighted by Gasteiger charge is 2.23. The van der Waals surface area contributed by atoms with E-state index in [4.69, 9.17) is 4.74 Å². The number of hydrogen-bond donors (Lipinski definition) is 1. The van der Waals surface area contributed by atoms with Gasteiger partial charge in [0, 0.05) is 4.88 Å². The quantitative estimate of drug-likeness (QED) is 0.778. The van der Waals surface area contributed by atoms with Crippen LogP contribution in [0.15, 0.2) is 24.3 Å². The van der Waals surface area contributed by atoms with Gasteiger partial charge in [0.25, 0.3) is 5.91 Å². The zero-order valence-electron chi connectivity index (χ0n) is 15.4. The van der Waals surface area contributed by atoms with Crippen molar-refractivity contribution in [3.8, 4) is 11.8 Å². The van der Waals surface area contributed by atoms with Crippen molar-refractivity contribution in [3.63, 3.8) is 0 Å². The molecule has 2 aromatic rings. The number of nitrogens with zero attached hydrogens (tertiary/aromatic N) is 1. The molecule has 1 amide bonds. The van der Waals surface area contributed by atoms with Crippen molar-refractivity contribution in [2.45, 2.75) is 57.3 Å². The SMILES string of the molecule is N#Cc1c(NC(=O)COc2ccc(C3CCCCC3)cc2)sc2c1CCC2. The second-order valence-corrected chi connectivity index (χ2v) is 8.52. The summed E-state index contributed by atoms with van der Waals surface area (Å²) in [5.41, 5.74) is 3.13. The van der Waals surface area contributed by atoms with Gasteiger partial charge in [0.05, 0.1) is 5.56 Å². The molecular weight excluding hydrogens is 356 g/mol. The summed E-state index contributed by atoms with van der Waals surface area (Å²) in [5.74, 6) is 1.16. The van der Waals surface area contributed by atoms with Crippen LogP contribution in [0.3, 0.4) is 0 Å². The highest BCUT2D eigenvalue weighted by molar-refractivity contribution is 7.16. The summed E-state index contributed by atoms with van der Waals surface area (Å²) in [6.45, 7) is -0.0454. The fourth-order valence-corrected chi connectivity index (χ4v) is 5.45. The van der Waals surface area contributed by atoms with E-state index in [1.54, 1.807) is 0 Å². The predicted octanol–water partition coefficient (Wildman–Crippen LogP) is 5.17. The Labute approximate surface area is 164 Å². The molecular formula is C22H24N2O2S. The van der Waals surface area contributed by atoms with Crippen LogP contribution in [0.1, 0.15) is 66.0 Å². The van der Waals surface area contributed by atoms with Gasteiger partial charge in [-0.3, -0.25) is 4.79 Å². The lowest BCUT2D eigenvalue weighted by atomic mass is 9.84. The summed E-state index contributed by atoms with van der Waals surface area (Å²) in [5, 5.41) is 12.9. The first-order valence-electron chi connectivity index (χ1n) is 9.82. The van der Waals surface area contributed by atoms with Gasteiger partial charge in [-0.2, -0.15) is 5.26 Å². The first-order chi connectivity index (χ1) is 13.2. The molecule has 0 aliphatic heterocycles. The average molecular weight is 381 g/mol. The molecule has 0 saturated heterocycles. The molecule has 0 spiro atoms. The number of hydrogen-bond acceptors (Lipinski definition) is 4. The van der Waals surface area contributed by atoms with Gasteiger partial charge in [-0.25, -0.2) is 0 Å². The van der Waals surface area contributed by atoms with Crippen molar-refractivity contribution in [2.75, 3.05) is 11.9 Å². The van der Waals surface area contributed by atoms with E-state index in [0.29, 0.717) is 22.2 Å². The molecule has 0 unspecified atom stereocenters. The van der Waals surface area contributed by atoms with Gasteiger partial charge in [-0.05, 0) is 61.3 Å². The third-order valence-corrected chi connectivity index (χ3v) is 6.82. The lowest BCUT2D eigenvalue weighted by Crippen LogP contribution is -2.20. The van der Waals surface area contributed by atoms with E-state index in [1.807, 2.05) is 12.1 Å². The van der Waals surface area contributed by atoms with Crippen LogP contribution in [0.5, 0.6) is 5.75 Å². The molecule has 2 aliphatic carbocycles. The van der Waals surface area contributed by atoms with Crippen LogP contribution in [0.4, 0.5) is 5.00 Å². The van der Waals surface area contributed by atoms with E-state index in [9.17, 15) is 10.1 Å². The van der Waals surface area contributed by atoms with Crippen molar-refractivity contribution in [3.05, 3.63) is 45.8 Å². The number of thiophene rings is 1. The predicted molar refractivity (Wildman–Crippen MR) is 107 cm³/mol. The number of anilines is 1. The zero-order valence-corrected chi connectivity index (χ0v) is 16.2. The third-order valence-electron chi connectivity index (χ3n) is 5.61. The minimum atomic E-state index is -0.220. The van der Waals surface area contributed by atoms with E-state index in [2.05, 4.69) is 23.5 Å². The first-order valence-corrected chi connectivity index (χ1v) is 10.6. The van der Waals surface area contributed by atoms with Crippen molar-refractivity contribution < 1.29 is 9.53 Å². The first kappa shape index (κ1) is 18.1. The van der Waals surface area contributed by atoms with Crippen LogP contribution in [0, 0.1) is 11.3 Å². The topological polar surface area (TPSA) is 62.1 Å². The Morgan fingerprint density at radius 2 is 1.93 bits per heavy atom. The Kier molecular flexibility index (Phi) is 5.45. The summed E-state index contributed by atoms with van der Waals surface area (Å²) in [6.07, 6.45) is 9.59. The Morgan fingerprint density at radius 3 is 2.67 bits per heavy atom. The molecule has 140 valence electrons. The molecule has 1 fully saturated rings.